The van der Waals surface area contributed by atoms with E-state index >= 15 is 0 Å². The summed E-state index contributed by atoms with van der Waals surface area (Å²) < 4.78 is 0. The molecule has 3 unspecified atom stereocenters. The summed E-state index contributed by atoms with van der Waals surface area (Å²) in [6.07, 6.45) is 5.11. The Kier molecular flexibility index (Phi) is 5.57. The Bertz CT molecular complexity index is 1080. The van der Waals surface area contributed by atoms with E-state index in [2.05, 4.69) is 75.5 Å². The Labute approximate surface area is 192 Å². The summed E-state index contributed by atoms with van der Waals surface area (Å²) in [5.74, 6) is 0.275. The lowest BCUT2D eigenvalue weighted by molar-refractivity contribution is -0.113. The fourth-order valence-corrected chi connectivity index (χ4v) is 5.09. The lowest BCUT2D eigenvalue weighted by Crippen LogP contribution is -2.54. The van der Waals surface area contributed by atoms with Crippen LogP contribution in [0.1, 0.15) is 34.7 Å². The molecule has 3 atom stereocenters. The van der Waals surface area contributed by atoms with E-state index in [0.717, 1.165) is 17.3 Å². The van der Waals surface area contributed by atoms with Crippen molar-refractivity contribution in [3.8, 4) is 0 Å². The second-order valence-electron chi connectivity index (χ2n) is 8.61. The maximum Gasteiger partial charge on any atom is 0.234 e. The summed E-state index contributed by atoms with van der Waals surface area (Å²) in [6, 6.07) is 15.2. The molecular weight excluding hydrogens is 420 g/mol. The van der Waals surface area contributed by atoms with E-state index in [4.69, 9.17) is 0 Å². The number of hydrazone groups is 1. The number of aryl methyl sites for hydroxylation is 3. The van der Waals surface area contributed by atoms with Gasteiger partial charge < -0.3 is 15.2 Å². The number of nitrogens with one attached hydrogen (secondary N) is 3. The van der Waals surface area contributed by atoms with Crippen LogP contribution in [0.2, 0.25) is 0 Å². The number of carbonyl (C=O) groups is 1. The first-order chi connectivity index (χ1) is 15.5. The topological polar surface area (TPSA) is 72.0 Å². The van der Waals surface area contributed by atoms with E-state index in [9.17, 15) is 4.79 Å². The highest BCUT2D eigenvalue weighted by atomic mass is 32.2. The molecular formula is C24H28N6OS. The van der Waals surface area contributed by atoms with Gasteiger partial charge in [0.25, 0.3) is 0 Å². The molecule has 1 fully saturated rings. The van der Waals surface area contributed by atoms with Crippen molar-refractivity contribution in [1.29, 1.82) is 0 Å². The Morgan fingerprint density at radius 3 is 2.72 bits per heavy atom. The molecule has 1 saturated heterocycles. The smallest absolute Gasteiger partial charge is 0.234 e. The first kappa shape index (κ1) is 20.9. The molecule has 8 heteroatoms. The van der Waals surface area contributed by atoms with E-state index < -0.39 is 0 Å². The second-order valence-corrected chi connectivity index (χ2v) is 9.55. The van der Waals surface area contributed by atoms with Gasteiger partial charge in [0.1, 0.15) is 6.17 Å². The largest absolute Gasteiger partial charge is 0.325 e. The van der Waals surface area contributed by atoms with Crippen LogP contribution in [0.15, 0.2) is 60.0 Å². The summed E-state index contributed by atoms with van der Waals surface area (Å²) in [7, 11) is 0. The quantitative estimate of drug-likeness (QED) is 0.664. The molecule has 0 spiro atoms. The fraction of sp³-hybridized carbons (Fsp3) is 0.333. The molecule has 3 heterocycles. The highest BCUT2D eigenvalue weighted by molar-refractivity contribution is 8.14. The van der Waals surface area contributed by atoms with Crippen LogP contribution in [0.25, 0.3) is 0 Å². The highest BCUT2D eigenvalue weighted by Gasteiger charge is 2.44. The molecule has 166 valence electrons. The van der Waals surface area contributed by atoms with Crippen molar-refractivity contribution in [3.05, 3.63) is 77.1 Å². The molecule has 2 aromatic rings. The minimum absolute atomic E-state index is 0.0333. The van der Waals surface area contributed by atoms with Crippen LogP contribution in [-0.4, -0.2) is 38.9 Å². The van der Waals surface area contributed by atoms with Crippen LogP contribution in [0.4, 0.5) is 5.69 Å². The van der Waals surface area contributed by atoms with Crippen molar-refractivity contribution >= 4 is 28.5 Å². The first-order valence-corrected chi connectivity index (χ1v) is 11.9. The van der Waals surface area contributed by atoms with E-state index in [1.54, 1.807) is 0 Å². The Balaban J connectivity index is 1.18. The molecule has 1 amide bonds. The second kappa shape index (κ2) is 8.52. The zero-order chi connectivity index (χ0) is 22.2. The molecule has 0 aliphatic carbocycles. The van der Waals surface area contributed by atoms with Crippen molar-refractivity contribution in [2.24, 2.45) is 5.10 Å². The van der Waals surface area contributed by atoms with E-state index in [1.165, 1.54) is 34.0 Å². The average Bonchev–Trinajstić information content (AvgIpc) is 3.39. The zero-order valence-electron chi connectivity index (χ0n) is 18.5. The fourth-order valence-electron chi connectivity index (χ4n) is 4.31. The minimum atomic E-state index is -0.0333. The van der Waals surface area contributed by atoms with Gasteiger partial charge in [0.05, 0.1) is 17.8 Å². The number of thioether (sulfide) groups is 1. The minimum Gasteiger partial charge on any atom is -0.325 e. The summed E-state index contributed by atoms with van der Waals surface area (Å²) in [5.41, 5.74) is 12.6. The van der Waals surface area contributed by atoms with Crippen LogP contribution >= 0.6 is 11.8 Å². The third-order valence-corrected chi connectivity index (χ3v) is 7.27. The van der Waals surface area contributed by atoms with Gasteiger partial charge in [-0.2, -0.15) is 5.10 Å². The number of amides is 1. The number of hydrogen-bond donors (Lipinski definition) is 3. The number of amidine groups is 1. The number of carbonyl (C=O) groups excluding carboxylic acids is 1. The molecule has 7 nitrogen and oxygen atoms in total. The predicted molar refractivity (Wildman–Crippen MR) is 130 cm³/mol. The molecule has 32 heavy (non-hydrogen) atoms. The maximum atomic E-state index is 12.5. The van der Waals surface area contributed by atoms with Gasteiger partial charge in [-0.05, 0) is 56.0 Å². The van der Waals surface area contributed by atoms with Crippen LogP contribution in [0, 0.1) is 20.8 Å². The third kappa shape index (κ3) is 4.08. The lowest BCUT2D eigenvalue weighted by atomic mass is 9.99. The van der Waals surface area contributed by atoms with Crippen molar-refractivity contribution in [2.45, 2.75) is 45.4 Å². The normalized spacial score (nSPS) is 23.5. The maximum absolute atomic E-state index is 12.5. The highest BCUT2D eigenvalue weighted by Crippen LogP contribution is 2.35. The number of benzene rings is 2. The van der Waals surface area contributed by atoms with Crippen molar-refractivity contribution in [3.63, 3.8) is 0 Å². The number of hydrazine groups is 1. The standard InChI is InChI=1S/C24H28N6OS/c1-15-4-7-18(8-5-15)20-13-21-23-26-27-24(29(23)10-11-30(21)28-20)32-14-22(31)25-19-9-6-16(2)17(3)12-19/h4-12,20-21,23,26,28H,13-14H2,1-3H3,(H,25,31). The lowest BCUT2D eigenvalue weighted by Gasteiger charge is -2.36. The Morgan fingerprint density at radius 1 is 1.12 bits per heavy atom. The number of nitrogens with zero attached hydrogens (tertiary/aromatic N) is 3. The SMILES string of the molecule is Cc1ccc(C2CC3C4NN=C(SCC(=O)Nc5ccc(C)c(C)c5)N4C=CN3N2)cc1. The summed E-state index contributed by atoms with van der Waals surface area (Å²) in [6.45, 7) is 6.22. The predicted octanol–water partition coefficient (Wildman–Crippen LogP) is 3.59. The summed E-state index contributed by atoms with van der Waals surface area (Å²) >= 11 is 1.45. The monoisotopic (exact) mass is 448 g/mol. The van der Waals surface area contributed by atoms with Gasteiger partial charge in [-0.1, -0.05) is 47.7 Å². The molecule has 3 aliphatic rings. The summed E-state index contributed by atoms with van der Waals surface area (Å²) in [5, 5.41) is 10.5. The van der Waals surface area contributed by atoms with Crippen LogP contribution in [0.5, 0.6) is 0 Å². The number of fused-ring (bicyclic) bond motifs is 3. The third-order valence-electron chi connectivity index (χ3n) is 6.31. The summed E-state index contributed by atoms with van der Waals surface area (Å²) in [4.78, 5) is 14.6. The molecule has 3 N–H and O–H groups in total. The van der Waals surface area contributed by atoms with Gasteiger partial charge >= 0.3 is 0 Å². The van der Waals surface area contributed by atoms with Crippen LogP contribution < -0.4 is 16.2 Å². The molecule has 0 radical (unpaired) electrons. The van der Waals surface area contributed by atoms with Gasteiger partial charge in [-0.3, -0.25) is 10.2 Å². The van der Waals surface area contributed by atoms with E-state index in [1.807, 2.05) is 31.3 Å². The number of hydrogen-bond acceptors (Lipinski definition) is 7. The van der Waals surface area contributed by atoms with Crippen molar-refractivity contribution in [1.82, 2.24) is 20.8 Å². The molecule has 0 bridgehead atoms. The Hall–Kier alpha value is -2.97. The average molecular weight is 449 g/mol. The van der Waals surface area contributed by atoms with Gasteiger partial charge in [-0.15, -0.1) is 0 Å². The van der Waals surface area contributed by atoms with E-state index in [0.29, 0.717) is 5.75 Å². The van der Waals surface area contributed by atoms with Gasteiger partial charge in [0.15, 0.2) is 5.17 Å². The molecule has 0 saturated carbocycles. The molecule has 5 rings (SSSR count). The zero-order valence-corrected chi connectivity index (χ0v) is 19.3. The van der Waals surface area contributed by atoms with Crippen LogP contribution in [0.3, 0.4) is 0 Å². The van der Waals surface area contributed by atoms with E-state index in [-0.39, 0.29) is 24.2 Å². The molecule has 3 aliphatic heterocycles. The van der Waals surface area contributed by atoms with Gasteiger partial charge in [0, 0.05) is 18.1 Å². The number of rotatable bonds is 4. The Morgan fingerprint density at radius 2 is 1.94 bits per heavy atom. The molecule has 2 aromatic carbocycles. The van der Waals surface area contributed by atoms with Crippen molar-refractivity contribution in [2.75, 3.05) is 11.1 Å². The van der Waals surface area contributed by atoms with Crippen molar-refractivity contribution < 1.29 is 4.79 Å². The number of anilines is 1. The van der Waals surface area contributed by atoms with Gasteiger partial charge in [0.2, 0.25) is 5.91 Å². The molecule has 0 aromatic heterocycles. The van der Waals surface area contributed by atoms with Gasteiger partial charge in [-0.25, -0.2) is 5.43 Å². The van der Waals surface area contributed by atoms with Crippen LogP contribution in [-0.2, 0) is 4.79 Å². The first-order valence-electron chi connectivity index (χ1n) is 10.9.